The van der Waals surface area contributed by atoms with Crippen molar-refractivity contribution in [3.8, 4) is 0 Å². The van der Waals surface area contributed by atoms with Crippen molar-refractivity contribution >= 4 is 33.1 Å². The summed E-state index contributed by atoms with van der Waals surface area (Å²) in [6.45, 7) is 1.32. The molecule has 0 bridgehead atoms. The van der Waals surface area contributed by atoms with E-state index in [1.807, 2.05) is 18.2 Å². The maximum absolute atomic E-state index is 7.97. The first-order valence-corrected chi connectivity index (χ1v) is 12.7. The Morgan fingerprint density at radius 2 is 1.04 bits per heavy atom. The monoisotopic (exact) mass is 398 g/mol. The van der Waals surface area contributed by atoms with Gasteiger partial charge in [-0.1, -0.05) is 0 Å². The first-order chi connectivity index (χ1) is 13.2. The predicted octanol–water partition coefficient (Wildman–Crippen LogP) is 4.43. The van der Waals surface area contributed by atoms with Crippen LogP contribution in [0.25, 0.3) is 0 Å². The average Bonchev–Trinajstić information content (AvgIpc) is 3.28. The van der Waals surface area contributed by atoms with Gasteiger partial charge in [0.25, 0.3) is 0 Å². The molecular weight excluding hydrogens is 375 g/mol. The second-order valence-electron chi connectivity index (χ2n) is 6.87. The summed E-state index contributed by atoms with van der Waals surface area (Å²) in [6, 6.07) is 31.6. The number of hydrogen-bond acceptors (Lipinski definition) is 2. The predicted molar refractivity (Wildman–Crippen MR) is 116 cm³/mol. The first kappa shape index (κ1) is 18.7. The Morgan fingerprint density at radius 3 is 1.41 bits per heavy atom. The van der Waals surface area contributed by atoms with Crippen molar-refractivity contribution in [3.05, 3.63) is 91.0 Å². The van der Waals surface area contributed by atoms with Gasteiger partial charge in [0.1, 0.15) is 0 Å². The van der Waals surface area contributed by atoms with Crippen molar-refractivity contribution in [1.29, 1.82) is 0 Å². The van der Waals surface area contributed by atoms with Gasteiger partial charge in [-0.05, 0) is 0 Å². The third-order valence-corrected chi connectivity index (χ3v) is 12.8. The molecule has 0 amide bonds. The summed E-state index contributed by atoms with van der Waals surface area (Å²) in [5, 5.41) is 3.54. The van der Waals surface area contributed by atoms with E-state index in [1.54, 1.807) is 0 Å². The topological polar surface area (TPSA) is 18.5 Å². The summed E-state index contributed by atoms with van der Waals surface area (Å²) in [7, 11) is 0. The van der Waals surface area contributed by atoms with Crippen molar-refractivity contribution in [2.24, 2.45) is 0 Å². The maximum atomic E-state index is 7.97. The summed E-state index contributed by atoms with van der Waals surface area (Å²) < 4.78 is 11.5. The van der Waals surface area contributed by atoms with Crippen LogP contribution in [0.5, 0.6) is 0 Å². The molecule has 4 heteroatoms. The van der Waals surface area contributed by atoms with Gasteiger partial charge in [0.2, 0.25) is 0 Å². The van der Waals surface area contributed by atoms with Crippen molar-refractivity contribution in [3.63, 3.8) is 0 Å². The number of hydrogen-bond donors (Lipinski definition) is 0. The molecule has 1 fully saturated rings. The minimum absolute atomic E-state index is 0.179. The van der Waals surface area contributed by atoms with Crippen LogP contribution < -0.4 is 15.9 Å². The van der Waals surface area contributed by atoms with Gasteiger partial charge in [-0.15, -0.1) is 0 Å². The zero-order chi connectivity index (χ0) is 18.6. The third kappa shape index (κ3) is 3.32. The van der Waals surface area contributed by atoms with E-state index in [4.69, 9.17) is 20.7 Å². The summed E-state index contributed by atoms with van der Waals surface area (Å²) in [5.74, 6) is -3.19. The Hall–Kier alpha value is -1.70. The Kier molecular flexibility index (Phi) is 5.34. The standard InChI is InChI=1S/C23H24ClO2P/c24-27(20-10-4-1-5-11-20,21-12-6-2-7-13-21,22-14-8-3-9-15-22)19-16-23-25-17-18-26-23/h1-15,23H,16-19H2. The molecular formula is C23H24ClO2P. The molecule has 0 atom stereocenters. The van der Waals surface area contributed by atoms with E-state index in [2.05, 4.69) is 72.8 Å². The molecule has 27 heavy (non-hydrogen) atoms. The Labute approximate surface area is 165 Å². The molecule has 3 aromatic rings. The Morgan fingerprint density at radius 1 is 0.667 bits per heavy atom. The normalized spacial score (nSPS) is 16.7. The van der Waals surface area contributed by atoms with E-state index >= 15 is 0 Å². The molecule has 0 saturated carbocycles. The minimum atomic E-state index is -3.19. The van der Waals surface area contributed by atoms with Gasteiger partial charge >= 0.3 is 166 Å². The van der Waals surface area contributed by atoms with Gasteiger partial charge in [-0.25, -0.2) is 0 Å². The Bertz CT molecular complexity index is 765. The number of ether oxygens (including phenoxy) is 2. The summed E-state index contributed by atoms with van der Waals surface area (Å²) >= 11 is 7.97. The average molecular weight is 399 g/mol. The molecule has 4 rings (SSSR count). The molecule has 0 unspecified atom stereocenters. The van der Waals surface area contributed by atoms with Crippen LogP contribution in [0.1, 0.15) is 6.42 Å². The second-order valence-corrected chi connectivity index (χ2v) is 13.5. The fourth-order valence-corrected chi connectivity index (χ4v) is 10.0. The van der Waals surface area contributed by atoms with Crippen LogP contribution in [0.15, 0.2) is 91.0 Å². The number of rotatable bonds is 6. The van der Waals surface area contributed by atoms with E-state index in [9.17, 15) is 0 Å². The molecule has 0 aliphatic carbocycles. The van der Waals surface area contributed by atoms with Crippen LogP contribution in [0.3, 0.4) is 0 Å². The molecule has 0 spiro atoms. The number of benzene rings is 3. The molecule has 0 aromatic heterocycles. The van der Waals surface area contributed by atoms with Gasteiger partial charge in [0.05, 0.1) is 0 Å². The summed E-state index contributed by atoms with van der Waals surface area (Å²) in [6.07, 6.45) is 1.37. The van der Waals surface area contributed by atoms with Crippen LogP contribution in [0.4, 0.5) is 0 Å². The van der Waals surface area contributed by atoms with Crippen molar-refractivity contribution in [2.75, 3.05) is 19.4 Å². The molecule has 1 aliphatic heterocycles. The SMILES string of the molecule is ClP(CCC1OCCO1)(c1ccccc1)(c1ccccc1)c1ccccc1. The molecule has 0 N–H and O–H groups in total. The van der Waals surface area contributed by atoms with E-state index in [0.717, 1.165) is 12.6 Å². The van der Waals surface area contributed by atoms with Crippen LogP contribution in [-0.4, -0.2) is 25.7 Å². The van der Waals surface area contributed by atoms with Crippen LogP contribution in [0, 0.1) is 0 Å². The molecule has 0 radical (unpaired) electrons. The zero-order valence-electron chi connectivity index (χ0n) is 15.2. The fraction of sp³-hybridized carbons (Fsp3) is 0.217. The fourth-order valence-electron chi connectivity index (χ4n) is 3.97. The first-order valence-electron chi connectivity index (χ1n) is 9.35. The van der Waals surface area contributed by atoms with E-state index < -0.39 is 5.96 Å². The summed E-state index contributed by atoms with van der Waals surface area (Å²) in [5.41, 5.74) is 0. The van der Waals surface area contributed by atoms with Gasteiger partial charge < -0.3 is 0 Å². The zero-order valence-corrected chi connectivity index (χ0v) is 16.9. The second kappa shape index (κ2) is 7.73. The molecule has 2 nitrogen and oxygen atoms in total. The quantitative estimate of drug-likeness (QED) is 0.572. The van der Waals surface area contributed by atoms with Gasteiger partial charge in [0, 0.05) is 0 Å². The van der Waals surface area contributed by atoms with Crippen molar-refractivity contribution < 1.29 is 9.47 Å². The van der Waals surface area contributed by atoms with Gasteiger partial charge in [-0.2, -0.15) is 0 Å². The molecule has 3 aromatic carbocycles. The molecule has 1 heterocycles. The summed E-state index contributed by atoms with van der Waals surface area (Å²) in [4.78, 5) is 0. The van der Waals surface area contributed by atoms with Crippen LogP contribution in [-0.2, 0) is 9.47 Å². The van der Waals surface area contributed by atoms with E-state index in [-0.39, 0.29) is 6.29 Å². The van der Waals surface area contributed by atoms with Crippen molar-refractivity contribution in [2.45, 2.75) is 12.7 Å². The van der Waals surface area contributed by atoms with Crippen LogP contribution >= 0.6 is 17.2 Å². The Balaban J connectivity index is 1.93. The molecule has 140 valence electrons. The van der Waals surface area contributed by atoms with Gasteiger partial charge in [-0.3, -0.25) is 0 Å². The number of halogens is 1. The van der Waals surface area contributed by atoms with E-state index in [1.165, 1.54) is 15.9 Å². The molecule has 1 saturated heterocycles. The molecule has 1 aliphatic rings. The van der Waals surface area contributed by atoms with Crippen LogP contribution in [0.2, 0.25) is 0 Å². The third-order valence-electron chi connectivity index (χ3n) is 5.36. The van der Waals surface area contributed by atoms with E-state index in [0.29, 0.717) is 13.2 Å². The van der Waals surface area contributed by atoms with Crippen molar-refractivity contribution in [1.82, 2.24) is 0 Å². The van der Waals surface area contributed by atoms with Gasteiger partial charge in [0.15, 0.2) is 0 Å².